The Hall–Kier alpha value is -1.36. The summed E-state index contributed by atoms with van der Waals surface area (Å²) in [5.74, 6) is 1.41. The van der Waals surface area contributed by atoms with E-state index in [-0.39, 0.29) is 39.8 Å². The molecule has 0 aromatic heterocycles. The van der Waals surface area contributed by atoms with Gasteiger partial charge in [-0.25, -0.2) is 0 Å². The molecule has 0 saturated heterocycles. The summed E-state index contributed by atoms with van der Waals surface area (Å²) in [6, 6.07) is 0. The van der Waals surface area contributed by atoms with Crippen LogP contribution in [0.3, 0.4) is 0 Å². The zero-order chi connectivity index (χ0) is 30.5. The van der Waals surface area contributed by atoms with Crippen LogP contribution in [0.2, 0.25) is 0 Å². The third-order valence-electron chi connectivity index (χ3n) is 15.7. The predicted octanol–water partition coefficient (Wildman–Crippen LogP) is 8.16. The zero-order valence-corrected chi connectivity index (χ0v) is 27.5. The molecule has 5 nitrogen and oxygen atoms in total. The quantitative estimate of drug-likeness (QED) is 0.258. The molecule has 6 aliphatic carbocycles. The Kier molecular flexibility index (Phi) is 7.35. The minimum Gasteiger partial charge on any atom is -0.481 e. The Morgan fingerprint density at radius 1 is 0.810 bits per heavy atom. The predicted molar refractivity (Wildman–Crippen MR) is 166 cm³/mol. The molecule has 236 valence electrons. The van der Waals surface area contributed by atoms with Crippen LogP contribution in [-0.2, 0) is 14.3 Å². The van der Waals surface area contributed by atoms with Crippen LogP contribution in [0.15, 0.2) is 12.2 Å². The molecule has 1 unspecified atom stereocenters. The standard InChI is InChI=1S/C37H59NO4/c1-22(2)25-13-18-37(38)20-19-35(6)26(30(25)37)11-12-28-34(5)16-15-29(33(3,4)27(34)14-17-36(28,35)7)42-32(41)24-10-8-9-23(21-24)31(39)40/h23-30H,1,8-21,38H2,2-7H3,(H,39,40)/t23-,24?,25+,26-,27+,28-,29+,30-,34+,35-,36-,37+/m1/s1. The number of carbonyl (C=O) groups is 2. The minimum atomic E-state index is -0.770. The van der Waals surface area contributed by atoms with E-state index in [1.807, 2.05) is 0 Å². The summed E-state index contributed by atoms with van der Waals surface area (Å²) in [4.78, 5) is 25.0. The van der Waals surface area contributed by atoms with E-state index in [0.717, 1.165) is 38.5 Å². The molecule has 6 aliphatic rings. The maximum Gasteiger partial charge on any atom is 0.309 e. The molecule has 42 heavy (non-hydrogen) atoms. The Balaban J connectivity index is 1.23. The number of carboxylic acid groups (broad SMARTS) is 1. The first kappa shape index (κ1) is 30.7. The second-order valence-electron chi connectivity index (χ2n) is 17.6. The molecular weight excluding hydrogens is 522 g/mol. The van der Waals surface area contributed by atoms with Crippen molar-refractivity contribution < 1.29 is 19.4 Å². The number of nitrogens with two attached hydrogens (primary N) is 1. The normalized spacial score (nSPS) is 51.3. The van der Waals surface area contributed by atoms with Crippen LogP contribution in [0, 0.1) is 63.1 Å². The van der Waals surface area contributed by atoms with Gasteiger partial charge in [-0.05, 0) is 136 Å². The highest BCUT2D eigenvalue weighted by molar-refractivity contribution is 5.75. The van der Waals surface area contributed by atoms with Gasteiger partial charge in [0.05, 0.1) is 11.8 Å². The van der Waals surface area contributed by atoms with Gasteiger partial charge < -0.3 is 15.6 Å². The lowest BCUT2D eigenvalue weighted by atomic mass is 9.32. The van der Waals surface area contributed by atoms with Crippen molar-refractivity contribution in [2.75, 3.05) is 0 Å². The van der Waals surface area contributed by atoms with E-state index >= 15 is 0 Å². The Labute approximate surface area is 255 Å². The molecule has 0 aliphatic heterocycles. The van der Waals surface area contributed by atoms with Gasteiger partial charge >= 0.3 is 11.9 Å². The van der Waals surface area contributed by atoms with Gasteiger partial charge in [-0.3, -0.25) is 9.59 Å². The van der Waals surface area contributed by atoms with Crippen LogP contribution in [0.5, 0.6) is 0 Å². The lowest BCUT2D eigenvalue weighted by molar-refractivity contribution is -0.245. The van der Waals surface area contributed by atoms with Crippen molar-refractivity contribution in [2.24, 2.45) is 68.8 Å². The lowest BCUT2D eigenvalue weighted by Crippen LogP contribution is -2.68. The van der Waals surface area contributed by atoms with E-state index in [2.05, 4.69) is 48.1 Å². The Bertz CT molecular complexity index is 1130. The SMILES string of the molecule is C=C(C)[C@@H]1CC[C@]2(N)CC[C@]3(C)[C@H](CC[C@@H]4[C@@]5(C)CC[C@H](OC(=O)C6CCC[C@@H](C(=O)O)C6)C(C)(C)[C@@H]5CC[C@]43C)[C@@H]12. The van der Waals surface area contributed by atoms with Crippen molar-refractivity contribution in [1.82, 2.24) is 0 Å². The summed E-state index contributed by atoms with van der Waals surface area (Å²) >= 11 is 0. The van der Waals surface area contributed by atoms with Crippen molar-refractivity contribution in [1.29, 1.82) is 0 Å². The van der Waals surface area contributed by atoms with Gasteiger partial charge in [0.25, 0.3) is 0 Å². The molecule has 3 N–H and O–H groups in total. The van der Waals surface area contributed by atoms with Crippen molar-refractivity contribution in [3.8, 4) is 0 Å². The first-order valence-electron chi connectivity index (χ1n) is 17.5. The maximum absolute atomic E-state index is 13.4. The average Bonchev–Trinajstić information content (AvgIpc) is 3.28. The van der Waals surface area contributed by atoms with E-state index in [0.29, 0.717) is 47.8 Å². The fourth-order valence-corrected chi connectivity index (χ4v) is 13.3. The fraction of sp³-hybridized carbons (Fsp3) is 0.892. The van der Waals surface area contributed by atoms with Gasteiger partial charge in [0.15, 0.2) is 0 Å². The van der Waals surface area contributed by atoms with Crippen LogP contribution in [-0.4, -0.2) is 28.7 Å². The summed E-state index contributed by atoms with van der Waals surface area (Å²) < 4.78 is 6.37. The monoisotopic (exact) mass is 581 g/mol. The molecular formula is C37H59NO4. The number of ether oxygens (including phenoxy) is 1. The van der Waals surface area contributed by atoms with Crippen molar-refractivity contribution in [3.05, 3.63) is 12.2 Å². The number of carbonyl (C=O) groups excluding carboxylic acids is 1. The summed E-state index contributed by atoms with van der Waals surface area (Å²) in [6.07, 6.45) is 14.4. The number of carboxylic acids is 1. The van der Waals surface area contributed by atoms with Crippen molar-refractivity contribution in [3.63, 3.8) is 0 Å². The Morgan fingerprint density at radius 2 is 1.52 bits per heavy atom. The zero-order valence-electron chi connectivity index (χ0n) is 27.5. The van der Waals surface area contributed by atoms with E-state index in [1.165, 1.54) is 44.1 Å². The largest absolute Gasteiger partial charge is 0.481 e. The van der Waals surface area contributed by atoms with E-state index in [4.69, 9.17) is 10.5 Å². The molecule has 0 spiro atoms. The maximum atomic E-state index is 13.4. The van der Waals surface area contributed by atoms with Crippen LogP contribution >= 0.6 is 0 Å². The van der Waals surface area contributed by atoms with Crippen LogP contribution < -0.4 is 5.73 Å². The molecule has 12 atom stereocenters. The molecule has 6 fully saturated rings. The highest BCUT2D eigenvalue weighted by Crippen LogP contribution is 2.76. The first-order chi connectivity index (χ1) is 19.6. The number of aliphatic carboxylic acids is 1. The molecule has 0 radical (unpaired) electrons. The molecule has 5 heteroatoms. The number of allylic oxidation sites excluding steroid dienone is 1. The van der Waals surface area contributed by atoms with Gasteiger partial charge in [0.2, 0.25) is 0 Å². The summed E-state index contributed by atoms with van der Waals surface area (Å²) in [7, 11) is 0. The lowest BCUT2D eigenvalue weighted by Gasteiger charge is -2.72. The van der Waals surface area contributed by atoms with E-state index in [1.54, 1.807) is 0 Å². The van der Waals surface area contributed by atoms with E-state index in [9.17, 15) is 14.7 Å². The van der Waals surface area contributed by atoms with Gasteiger partial charge in [0.1, 0.15) is 6.10 Å². The summed E-state index contributed by atoms with van der Waals surface area (Å²) in [5, 5.41) is 9.54. The first-order valence-corrected chi connectivity index (χ1v) is 17.5. The molecule has 6 saturated carbocycles. The minimum absolute atomic E-state index is 0.00909. The van der Waals surface area contributed by atoms with Gasteiger partial charge in [-0.1, -0.05) is 53.2 Å². The van der Waals surface area contributed by atoms with Crippen LogP contribution in [0.25, 0.3) is 0 Å². The highest BCUT2D eigenvalue weighted by Gasteiger charge is 2.70. The van der Waals surface area contributed by atoms with Gasteiger partial charge in [-0.2, -0.15) is 0 Å². The Morgan fingerprint density at radius 3 is 2.21 bits per heavy atom. The average molecular weight is 582 g/mol. The van der Waals surface area contributed by atoms with Crippen molar-refractivity contribution in [2.45, 2.75) is 143 Å². The molecule has 0 heterocycles. The number of esters is 1. The molecule has 0 amide bonds. The van der Waals surface area contributed by atoms with Crippen LogP contribution in [0.4, 0.5) is 0 Å². The fourth-order valence-electron chi connectivity index (χ4n) is 13.3. The number of hydrogen-bond donors (Lipinski definition) is 2. The smallest absolute Gasteiger partial charge is 0.309 e. The highest BCUT2D eigenvalue weighted by atomic mass is 16.5. The third-order valence-corrected chi connectivity index (χ3v) is 15.7. The number of fused-ring (bicyclic) bond motifs is 7. The molecule has 0 bridgehead atoms. The van der Waals surface area contributed by atoms with Gasteiger partial charge in [0, 0.05) is 11.0 Å². The van der Waals surface area contributed by atoms with E-state index < -0.39 is 11.9 Å². The molecule has 0 aromatic rings. The number of rotatable bonds is 4. The van der Waals surface area contributed by atoms with Crippen LogP contribution in [0.1, 0.15) is 131 Å². The third kappa shape index (κ3) is 4.24. The topological polar surface area (TPSA) is 89.6 Å². The van der Waals surface area contributed by atoms with Gasteiger partial charge in [-0.15, -0.1) is 0 Å². The summed E-state index contributed by atoms with van der Waals surface area (Å²) in [5.41, 5.74) is 9.31. The second kappa shape index (κ2) is 10.1. The molecule has 6 rings (SSSR count). The van der Waals surface area contributed by atoms with Crippen molar-refractivity contribution >= 4 is 11.9 Å². The second-order valence-corrected chi connectivity index (χ2v) is 17.6. The number of hydrogen-bond acceptors (Lipinski definition) is 4. The summed E-state index contributed by atoms with van der Waals surface area (Å²) in [6.45, 7) is 19.4. The molecule has 0 aromatic carbocycles.